The largest absolute Gasteiger partial charge is 0.393 e. The Labute approximate surface area is 69.2 Å². The van der Waals surface area contributed by atoms with Crippen molar-refractivity contribution in [3.05, 3.63) is 0 Å². The topological polar surface area (TPSA) is 23.5 Å². The van der Waals surface area contributed by atoms with Crippen LogP contribution in [0.15, 0.2) is 0 Å². The molecule has 0 aliphatic carbocycles. The monoisotopic (exact) mass is 157 g/mol. The van der Waals surface area contributed by atoms with Gasteiger partial charge in [0.2, 0.25) is 0 Å². The number of hydrogen-bond donors (Lipinski definition) is 1. The Bertz CT molecular complexity index is 95.0. The zero-order chi connectivity index (χ0) is 8.10. The maximum Gasteiger partial charge on any atom is 0.0564 e. The molecule has 0 aromatic carbocycles. The van der Waals surface area contributed by atoms with Crippen molar-refractivity contribution in [3.8, 4) is 0 Å². The second kappa shape index (κ2) is 4.73. The van der Waals surface area contributed by atoms with Crippen LogP contribution in [-0.2, 0) is 0 Å². The van der Waals surface area contributed by atoms with E-state index in [9.17, 15) is 5.11 Å². The Morgan fingerprint density at radius 2 is 2.00 bits per heavy atom. The molecule has 0 aromatic heterocycles. The molecule has 1 saturated heterocycles. The summed E-state index contributed by atoms with van der Waals surface area (Å²) in [6.45, 7) is 5.64. The van der Waals surface area contributed by atoms with Crippen molar-refractivity contribution >= 4 is 0 Å². The van der Waals surface area contributed by atoms with E-state index in [1.807, 2.05) is 0 Å². The molecule has 0 atom stereocenters. The van der Waals surface area contributed by atoms with E-state index in [0.29, 0.717) is 0 Å². The molecule has 2 nitrogen and oxygen atoms in total. The number of unbranched alkanes of at least 4 members (excludes halogenated alkanes) is 1. The average molecular weight is 157 g/mol. The van der Waals surface area contributed by atoms with Gasteiger partial charge >= 0.3 is 0 Å². The summed E-state index contributed by atoms with van der Waals surface area (Å²) >= 11 is 0. The fourth-order valence-electron chi connectivity index (χ4n) is 1.52. The van der Waals surface area contributed by atoms with Gasteiger partial charge in [-0.2, -0.15) is 0 Å². The Balaban J connectivity index is 2.07. The van der Waals surface area contributed by atoms with Gasteiger partial charge in [-0.05, 0) is 25.8 Å². The molecule has 0 spiro atoms. The van der Waals surface area contributed by atoms with Crippen LogP contribution in [0.2, 0.25) is 0 Å². The normalized spacial score (nSPS) is 22.4. The van der Waals surface area contributed by atoms with Gasteiger partial charge < -0.3 is 10.0 Å². The van der Waals surface area contributed by atoms with Crippen molar-refractivity contribution < 1.29 is 5.11 Å². The molecule has 1 aliphatic rings. The van der Waals surface area contributed by atoms with Crippen LogP contribution in [0, 0.1) is 0 Å². The lowest BCUT2D eigenvalue weighted by Gasteiger charge is -2.29. The van der Waals surface area contributed by atoms with Crippen LogP contribution in [0.4, 0.5) is 0 Å². The summed E-state index contributed by atoms with van der Waals surface area (Å²) in [5, 5.41) is 9.23. The van der Waals surface area contributed by atoms with Crippen molar-refractivity contribution in [3.63, 3.8) is 0 Å². The number of aliphatic hydroxyl groups is 1. The maximum absolute atomic E-state index is 9.23. The molecule has 1 aliphatic heterocycles. The first-order valence-electron chi connectivity index (χ1n) is 4.73. The third-order valence-electron chi connectivity index (χ3n) is 2.38. The van der Waals surface area contributed by atoms with Crippen molar-refractivity contribution in [2.75, 3.05) is 19.6 Å². The fourth-order valence-corrected chi connectivity index (χ4v) is 1.52. The SMILES string of the molecule is CCCCN1CCC(O)CC1. The lowest BCUT2D eigenvalue weighted by atomic mass is 10.1. The standard InChI is InChI=1S/C9H19NO/c1-2-3-6-10-7-4-9(11)5-8-10/h9,11H,2-8H2,1H3. The van der Waals surface area contributed by atoms with Gasteiger partial charge in [-0.25, -0.2) is 0 Å². The third kappa shape index (κ3) is 3.21. The zero-order valence-electron chi connectivity index (χ0n) is 7.42. The van der Waals surface area contributed by atoms with Crippen LogP contribution in [0.3, 0.4) is 0 Å². The second-order valence-electron chi connectivity index (χ2n) is 3.43. The molecule has 11 heavy (non-hydrogen) atoms. The lowest BCUT2D eigenvalue weighted by molar-refractivity contribution is 0.0820. The highest BCUT2D eigenvalue weighted by atomic mass is 16.3. The predicted octanol–water partition coefficient (Wildman–Crippen LogP) is 1.24. The van der Waals surface area contributed by atoms with Crippen molar-refractivity contribution in [2.45, 2.75) is 38.7 Å². The molecule has 0 aromatic rings. The molecule has 66 valence electrons. The highest BCUT2D eigenvalue weighted by Crippen LogP contribution is 2.10. The van der Waals surface area contributed by atoms with E-state index in [0.717, 1.165) is 25.9 Å². The van der Waals surface area contributed by atoms with Crippen LogP contribution in [0.1, 0.15) is 32.6 Å². The van der Waals surface area contributed by atoms with Gasteiger partial charge in [0.05, 0.1) is 6.10 Å². The van der Waals surface area contributed by atoms with E-state index in [1.54, 1.807) is 0 Å². The summed E-state index contributed by atoms with van der Waals surface area (Å²) in [6.07, 6.45) is 4.51. The van der Waals surface area contributed by atoms with Crippen molar-refractivity contribution in [1.82, 2.24) is 4.90 Å². The lowest BCUT2D eigenvalue weighted by Crippen LogP contribution is -2.36. The number of piperidine rings is 1. The first-order valence-corrected chi connectivity index (χ1v) is 4.73. The van der Waals surface area contributed by atoms with Gasteiger partial charge in [0.25, 0.3) is 0 Å². The Morgan fingerprint density at radius 3 is 2.55 bits per heavy atom. The molecule has 0 unspecified atom stereocenters. The number of aliphatic hydroxyl groups excluding tert-OH is 1. The van der Waals surface area contributed by atoms with E-state index < -0.39 is 0 Å². The summed E-state index contributed by atoms with van der Waals surface area (Å²) < 4.78 is 0. The zero-order valence-corrected chi connectivity index (χ0v) is 7.42. The minimum atomic E-state index is -0.0205. The molecular formula is C9H19NO. The van der Waals surface area contributed by atoms with Gasteiger partial charge in [0.1, 0.15) is 0 Å². The van der Waals surface area contributed by atoms with E-state index in [1.165, 1.54) is 19.4 Å². The highest BCUT2D eigenvalue weighted by molar-refractivity contribution is 4.70. The van der Waals surface area contributed by atoms with E-state index in [-0.39, 0.29) is 6.10 Å². The van der Waals surface area contributed by atoms with Gasteiger partial charge in [0, 0.05) is 13.1 Å². The van der Waals surface area contributed by atoms with Crippen LogP contribution < -0.4 is 0 Å². The molecule has 0 radical (unpaired) electrons. The molecule has 0 bridgehead atoms. The summed E-state index contributed by atoms with van der Waals surface area (Å²) in [7, 11) is 0. The van der Waals surface area contributed by atoms with Crippen LogP contribution in [-0.4, -0.2) is 35.7 Å². The molecule has 1 fully saturated rings. The van der Waals surface area contributed by atoms with Crippen molar-refractivity contribution in [1.29, 1.82) is 0 Å². The predicted molar refractivity (Wildman–Crippen MR) is 46.6 cm³/mol. The molecule has 0 saturated carbocycles. The van der Waals surface area contributed by atoms with E-state index in [2.05, 4.69) is 11.8 Å². The number of hydrogen-bond acceptors (Lipinski definition) is 2. The minimum absolute atomic E-state index is 0.0205. The quantitative estimate of drug-likeness (QED) is 0.666. The van der Waals surface area contributed by atoms with Crippen molar-refractivity contribution in [2.24, 2.45) is 0 Å². The maximum atomic E-state index is 9.23. The van der Waals surface area contributed by atoms with Crippen LogP contribution in [0.25, 0.3) is 0 Å². The smallest absolute Gasteiger partial charge is 0.0564 e. The average Bonchev–Trinajstić information content (AvgIpc) is 2.04. The molecular weight excluding hydrogens is 138 g/mol. The number of nitrogens with zero attached hydrogens (tertiary/aromatic N) is 1. The fraction of sp³-hybridized carbons (Fsp3) is 1.00. The first-order chi connectivity index (χ1) is 5.33. The van der Waals surface area contributed by atoms with Crippen LogP contribution >= 0.6 is 0 Å². The second-order valence-corrected chi connectivity index (χ2v) is 3.43. The van der Waals surface area contributed by atoms with Gasteiger partial charge in [-0.15, -0.1) is 0 Å². The molecule has 1 rings (SSSR count). The third-order valence-corrected chi connectivity index (χ3v) is 2.38. The summed E-state index contributed by atoms with van der Waals surface area (Å²) in [4.78, 5) is 2.45. The van der Waals surface area contributed by atoms with E-state index >= 15 is 0 Å². The van der Waals surface area contributed by atoms with Gasteiger partial charge in [-0.3, -0.25) is 0 Å². The summed E-state index contributed by atoms with van der Waals surface area (Å²) in [5.41, 5.74) is 0. The van der Waals surface area contributed by atoms with Gasteiger partial charge in [-0.1, -0.05) is 13.3 Å². The molecule has 1 heterocycles. The highest BCUT2D eigenvalue weighted by Gasteiger charge is 2.15. The molecule has 0 amide bonds. The number of rotatable bonds is 3. The summed E-state index contributed by atoms with van der Waals surface area (Å²) in [5.74, 6) is 0. The first kappa shape index (κ1) is 9.01. The minimum Gasteiger partial charge on any atom is -0.393 e. The Hall–Kier alpha value is -0.0800. The number of likely N-dealkylation sites (tertiary alicyclic amines) is 1. The molecule has 1 N–H and O–H groups in total. The van der Waals surface area contributed by atoms with E-state index in [4.69, 9.17) is 0 Å². The Kier molecular flexibility index (Phi) is 3.87. The Morgan fingerprint density at radius 1 is 1.36 bits per heavy atom. The molecule has 2 heteroatoms. The van der Waals surface area contributed by atoms with Crippen LogP contribution in [0.5, 0.6) is 0 Å². The van der Waals surface area contributed by atoms with Gasteiger partial charge in [0.15, 0.2) is 0 Å². The summed E-state index contributed by atoms with van der Waals surface area (Å²) in [6, 6.07) is 0.